The third-order valence-electron chi connectivity index (χ3n) is 1.96. The molecule has 1 heterocycles. The molecule has 1 aromatic carbocycles. The van der Waals surface area contributed by atoms with Crippen molar-refractivity contribution in [2.24, 2.45) is 5.73 Å². The second kappa shape index (κ2) is 3.48. The number of hydrogen-bond acceptors (Lipinski definition) is 4. The van der Waals surface area contributed by atoms with Crippen LogP contribution in [0.4, 0.5) is 0 Å². The van der Waals surface area contributed by atoms with Crippen LogP contribution in [-0.4, -0.2) is 19.1 Å². The highest BCUT2D eigenvalue weighted by atomic mass is 35.5. The zero-order valence-corrected chi connectivity index (χ0v) is 8.00. The van der Waals surface area contributed by atoms with Crippen molar-refractivity contribution in [2.45, 2.75) is 0 Å². The molecule has 5 heteroatoms. The Morgan fingerprint density at radius 3 is 2.86 bits per heavy atom. The van der Waals surface area contributed by atoms with E-state index < -0.39 is 0 Å². The van der Waals surface area contributed by atoms with Gasteiger partial charge >= 0.3 is 0 Å². The largest absolute Gasteiger partial charge is 0.453 e. The lowest BCUT2D eigenvalue weighted by molar-refractivity contribution is 0.0996. The van der Waals surface area contributed by atoms with E-state index in [9.17, 15) is 4.79 Å². The van der Waals surface area contributed by atoms with Gasteiger partial charge in [0, 0.05) is 0 Å². The summed E-state index contributed by atoms with van der Waals surface area (Å²) in [7, 11) is 0. The van der Waals surface area contributed by atoms with E-state index in [-0.39, 0.29) is 19.1 Å². The van der Waals surface area contributed by atoms with Gasteiger partial charge in [0.05, 0.1) is 17.1 Å². The number of rotatable bonds is 2. The lowest BCUT2D eigenvalue weighted by Crippen LogP contribution is -2.14. The summed E-state index contributed by atoms with van der Waals surface area (Å²) in [4.78, 5) is 11.4. The van der Waals surface area contributed by atoms with Gasteiger partial charge in [-0.2, -0.15) is 0 Å². The number of carbonyl (C=O) groups is 1. The number of benzene rings is 1. The summed E-state index contributed by atoms with van der Waals surface area (Å²) < 4.78 is 10.3. The van der Waals surface area contributed by atoms with Gasteiger partial charge in [0.1, 0.15) is 0 Å². The molecule has 0 amide bonds. The van der Waals surface area contributed by atoms with Gasteiger partial charge in [0.25, 0.3) is 0 Å². The molecule has 0 aromatic heterocycles. The van der Waals surface area contributed by atoms with E-state index in [1.807, 2.05) is 0 Å². The first-order valence-electron chi connectivity index (χ1n) is 4.05. The maximum atomic E-state index is 11.4. The first-order chi connectivity index (χ1) is 6.74. The number of carbonyl (C=O) groups excluding carboxylic acids is 1. The minimum Gasteiger partial charge on any atom is -0.453 e. The highest BCUT2D eigenvalue weighted by Gasteiger charge is 2.23. The molecule has 0 spiro atoms. The van der Waals surface area contributed by atoms with Crippen molar-refractivity contribution in [1.82, 2.24) is 0 Å². The van der Waals surface area contributed by atoms with Gasteiger partial charge < -0.3 is 15.2 Å². The molecule has 0 fully saturated rings. The monoisotopic (exact) mass is 213 g/mol. The molecule has 0 radical (unpaired) electrons. The third-order valence-corrected chi connectivity index (χ3v) is 2.25. The molecule has 14 heavy (non-hydrogen) atoms. The van der Waals surface area contributed by atoms with Crippen LogP contribution in [0.1, 0.15) is 10.4 Å². The number of ether oxygens (including phenoxy) is 2. The zero-order chi connectivity index (χ0) is 10.1. The van der Waals surface area contributed by atoms with Gasteiger partial charge in [-0.25, -0.2) is 0 Å². The van der Waals surface area contributed by atoms with Crippen LogP contribution in [-0.2, 0) is 0 Å². The Morgan fingerprint density at radius 1 is 1.43 bits per heavy atom. The summed E-state index contributed by atoms with van der Waals surface area (Å²) in [5.41, 5.74) is 5.68. The molecule has 0 unspecified atom stereocenters. The Labute approximate surface area is 85.6 Å². The van der Waals surface area contributed by atoms with Crippen LogP contribution in [0.2, 0.25) is 5.02 Å². The number of hydrogen-bond donors (Lipinski definition) is 1. The van der Waals surface area contributed by atoms with Gasteiger partial charge in [-0.05, 0) is 12.1 Å². The van der Waals surface area contributed by atoms with Gasteiger partial charge in [-0.15, -0.1) is 0 Å². The number of halogens is 1. The quantitative estimate of drug-likeness (QED) is 0.751. The summed E-state index contributed by atoms with van der Waals surface area (Å²) in [6, 6.07) is 3.18. The Balaban J connectivity index is 2.53. The fourth-order valence-electron chi connectivity index (χ4n) is 1.29. The molecule has 1 aliphatic heterocycles. The minimum atomic E-state index is -0.191. The summed E-state index contributed by atoms with van der Waals surface area (Å²) in [6.07, 6.45) is 0. The summed E-state index contributed by atoms with van der Waals surface area (Å²) >= 11 is 5.84. The maximum absolute atomic E-state index is 11.4. The Morgan fingerprint density at radius 2 is 2.14 bits per heavy atom. The molecule has 2 N–H and O–H groups in total. The zero-order valence-electron chi connectivity index (χ0n) is 7.25. The van der Waals surface area contributed by atoms with E-state index >= 15 is 0 Å². The molecule has 74 valence electrons. The molecule has 0 bridgehead atoms. The molecule has 0 saturated carbocycles. The van der Waals surface area contributed by atoms with Crippen molar-refractivity contribution < 1.29 is 14.3 Å². The van der Waals surface area contributed by atoms with E-state index in [0.29, 0.717) is 22.1 Å². The number of fused-ring (bicyclic) bond motifs is 1. The minimum absolute atomic E-state index is 0.0581. The fourth-order valence-corrected chi connectivity index (χ4v) is 1.50. The summed E-state index contributed by atoms with van der Waals surface area (Å²) in [5, 5.41) is 0.436. The molecule has 1 aromatic rings. The molecule has 0 saturated heterocycles. The van der Waals surface area contributed by atoms with Gasteiger partial charge in [-0.1, -0.05) is 11.6 Å². The standard InChI is InChI=1S/C9H8ClNO3/c10-6-2-1-5(7(12)3-11)8-9(6)14-4-13-8/h1-2H,3-4,11H2. The van der Waals surface area contributed by atoms with E-state index in [1.54, 1.807) is 12.1 Å². The van der Waals surface area contributed by atoms with Crippen LogP contribution in [0.3, 0.4) is 0 Å². The van der Waals surface area contributed by atoms with Crippen LogP contribution in [0.25, 0.3) is 0 Å². The van der Waals surface area contributed by atoms with Gasteiger partial charge in [-0.3, -0.25) is 4.79 Å². The summed E-state index contributed by atoms with van der Waals surface area (Å²) in [5.74, 6) is 0.627. The molecular formula is C9H8ClNO3. The normalized spacial score (nSPS) is 13.0. The molecule has 1 aliphatic rings. The van der Waals surface area contributed by atoms with E-state index in [2.05, 4.69) is 0 Å². The SMILES string of the molecule is NCC(=O)c1ccc(Cl)c2c1OCO2. The van der Waals surface area contributed by atoms with Crippen LogP contribution >= 0.6 is 11.6 Å². The van der Waals surface area contributed by atoms with Crippen molar-refractivity contribution in [1.29, 1.82) is 0 Å². The lowest BCUT2D eigenvalue weighted by Gasteiger charge is -2.03. The highest BCUT2D eigenvalue weighted by Crippen LogP contribution is 2.41. The predicted octanol–water partition coefficient (Wildman–Crippen LogP) is 1.21. The average Bonchev–Trinajstić information content (AvgIpc) is 2.67. The third kappa shape index (κ3) is 1.32. The van der Waals surface area contributed by atoms with E-state index in [4.69, 9.17) is 26.8 Å². The lowest BCUT2D eigenvalue weighted by atomic mass is 10.1. The number of Topliss-reactive ketones (excluding diaryl/α,β-unsaturated/α-hetero) is 1. The summed E-state index contributed by atoms with van der Waals surface area (Å²) in [6.45, 7) is 0.0291. The smallest absolute Gasteiger partial charge is 0.231 e. The van der Waals surface area contributed by atoms with Crippen LogP contribution in [0.5, 0.6) is 11.5 Å². The maximum Gasteiger partial charge on any atom is 0.231 e. The van der Waals surface area contributed by atoms with Gasteiger partial charge in [0.15, 0.2) is 17.3 Å². The van der Waals surface area contributed by atoms with Crippen LogP contribution < -0.4 is 15.2 Å². The fraction of sp³-hybridized carbons (Fsp3) is 0.222. The van der Waals surface area contributed by atoms with Crippen molar-refractivity contribution in [3.8, 4) is 11.5 Å². The molecule has 0 aliphatic carbocycles. The second-order valence-electron chi connectivity index (χ2n) is 2.79. The van der Waals surface area contributed by atoms with E-state index in [0.717, 1.165) is 0 Å². The Kier molecular flexibility index (Phi) is 2.31. The van der Waals surface area contributed by atoms with Crippen molar-refractivity contribution in [3.05, 3.63) is 22.7 Å². The van der Waals surface area contributed by atoms with Gasteiger partial charge in [0.2, 0.25) is 6.79 Å². The topological polar surface area (TPSA) is 61.6 Å². The number of nitrogens with two attached hydrogens (primary N) is 1. The molecule has 0 atom stereocenters. The molecule has 2 rings (SSSR count). The number of ketones is 1. The average molecular weight is 214 g/mol. The molecule has 4 nitrogen and oxygen atoms in total. The first kappa shape index (κ1) is 9.30. The highest BCUT2D eigenvalue weighted by molar-refractivity contribution is 6.32. The van der Waals surface area contributed by atoms with E-state index in [1.165, 1.54) is 0 Å². The van der Waals surface area contributed by atoms with Crippen molar-refractivity contribution in [3.63, 3.8) is 0 Å². The Hall–Kier alpha value is -1.26. The van der Waals surface area contributed by atoms with Crippen LogP contribution in [0, 0.1) is 0 Å². The van der Waals surface area contributed by atoms with Crippen molar-refractivity contribution >= 4 is 17.4 Å². The predicted molar refractivity (Wildman–Crippen MR) is 51.0 cm³/mol. The Bertz CT molecular complexity index is 392. The molecular weight excluding hydrogens is 206 g/mol. The second-order valence-corrected chi connectivity index (χ2v) is 3.19. The van der Waals surface area contributed by atoms with Crippen LogP contribution in [0.15, 0.2) is 12.1 Å². The van der Waals surface area contributed by atoms with Crippen molar-refractivity contribution in [2.75, 3.05) is 13.3 Å². The first-order valence-corrected chi connectivity index (χ1v) is 4.43.